The van der Waals surface area contributed by atoms with E-state index in [9.17, 15) is 9.59 Å². The Morgan fingerprint density at radius 2 is 1.95 bits per heavy atom. The van der Waals surface area contributed by atoms with Gasteiger partial charge < -0.3 is 10.1 Å². The van der Waals surface area contributed by atoms with E-state index in [2.05, 4.69) is 21.2 Å². The Kier molecular flexibility index (Phi) is 3.12. The smallest absolute Gasteiger partial charge is 0.310 e. The largest absolute Gasteiger partial charge is 0.461 e. The molecule has 1 aromatic carbocycles. The number of hydrogen-bond acceptors (Lipinski definition) is 3. The molecule has 4 nitrogen and oxygen atoms in total. The lowest BCUT2D eigenvalue weighted by Gasteiger charge is -2.28. The molecule has 0 spiro atoms. The predicted octanol–water partition coefficient (Wildman–Crippen LogP) is 2.81. The molecule has 2 bridgehead atoms. The van der Waals surface area contributed by atoms with Crippen LogP contribution in [0, 0.1) is 37.5 Å². The molecule has 6 atom stereocenters. The molecule has 1 N–H and O–H groups in total. The van der Waals surface area contributed by atoms with Crippen molar-refractivity contribution in [3.63, 3.8) is 0 Å². The first kappa shape index (κ1) is 14.2. The zero-order valence-corrected chi connectivity index (χ0v) is 14.1. The minimum Gasteiger partial charge on any atom is -0.461 e. The zero-order valence-electron chi connectivity index (χ0n) is 12.5. The van der Waals surface area contributed by atoms with Gasteiger partial charge in [0.2, 0.25) is 5.91 Å². The zero-order chi connectivity index (χ0) is 15.6. The lowest BCUT2D eigenvalue weighted by molar-refractivity contribution is -0.145. The van der Waals surface area contributed by atoms with Gasteiger partial charge in [0.1, 0.15) is 6.10 Å². The van der Waals surface area contributed by atoms with E-state index in [0.29, 0.717) is 0 Å². The number of halogens is 1. The normalized spacial score (nSPS) is 38.2. The molecule has 1 heterocycles. The molecule has 5 heteroatoms. The molecule has 3 aliphatic rings. The van der Waals surface area contributed by atoms with Crippen LogP contribution in [0.5, 0.6) is 0 Å². The van der Waals surface area contributed by atoms with Crippen molar-refractivity contribution in [3.05, 3.63) is 29.3 Å². The average Bonchev–Trinajstić information content (AvgIpc) is 3.07. The number of alkyl halides is 1. The molecule has 1 amide bonds. The number of anilines is 1. The van der Waals surface area contributed by atoms with Crippen molar-refractivity contribution < 1.29 is 14.3 Å². The van der Waals surface area contributed by atoms with Crippen molar-refractivity contribution in [1.82, 2.24) is 0 Å². The maximum absolute atomic E-state index is 12.8. The van der Waals surface area contributed by atoms with Gasteiger partial charge in [-0.05, 0) is 37.3 Å². The van der Waals surface area contributed by atoms with E-state index < -0.39 is 0 Å². The number of benzene rings is 1. The molecule has 0 unspecified atom stereocenters. The summed E-state index contributed by atoms with van der Waals surface area (Å²) < 4.78 is 5.46. The molecule has 3 fully saturated rings. The first-order chi connectivity index (χ1) is 10.5. The number of hydrogen-bond donors (Lipinski definition) is 1. The lowest BCUT2D eigenvalue weighted by atomic mass is 9.79. The van der Waals surface area contributed by atoms with Gasteiger partial charge in [-0.15, -0.1) is 0 Å². The van der Waals surface area contributed by atoms with Gasteiger partial charge in [0, 0.05) is 11.6 Å². The molecule has 0 radical (unpaired) electrons. The minimum absolute atomic E-state index is 0.0354. The fourth-order valence-electron chi connectivity index (χ4n) is 4.55. The summed E-state index contributed by atoms with van der Waals surface area (Å²) in [5, 5.41) is 3.06. The number of ether oxygens (including phenoxy) is 1. The van der Waals surface area contributed by atoms with Crippen molar-refractivity contribution in [3.8, 4) is 0 Å². The van der Waals surface area contributed by atoms with Gasteiger partial charge in [-0.1, -0.05) is 34.1 Å². The van der Waals surface area contributed by atoms with Crippen molar-refractivity contribution in [2.75, 3.05) is 5.32 Å². The minimum atomic E-state index is -0.278. The third-order valence-corrected chi connectivity index (χ3v) is 6.76. The van der Waals surface area contributed by atoms with Gasteiger partial charge in [-0.3, -0.25) is 9.59 Å². The average molecular weight is 364 g/mol. The number of fused-ring (bicyclic) bond motifs is 1. The van der Waals surface area contributed by atoms with Crippen molar-refractivity contribution in [2.24, 2.45) is 23.7 Å². The summed E-state index contributed by atoms with van der Waals surface area (Å²) in [5.74, 6) is -0.378. The van der Waals surface area contributed by atoms with Gasteiger partial charge in [-0.25, -0.2) is 0 Å². The number of amides is 1. The van der Waals surface area contributed by atoms with Crippen LogP contribution < -0.4 is 5.32 Å². The van der Waals surface area contributed by atoms with E-state index in [0.717, 1.165) is 23.2 Å². The highest BCUT2D eigenvalue weighted by Gasteiger charge is 2.67. The number of carbonyl (C=O) groups excluding carboxylic acids is 2. The number of nitrogens with one attached hydrogen (secondary N) is 1. The fourth-order valence-corrected chi connectivity index (χ4v) is 5.59. The van der Waals surface area contributed by atoms with Crippen LogP contribution in [-0.4, -0.2) is 22.8 Å². The summed E-state index contributed by atoms with van der Waals surface area (Å²) in [7, 11) is 0. The number of para-hydroxylation sites is 1. The second-order valence-corrected chi connectivity index (χ2v) is 7.77. The van der Waals surface area contributed by atoms with Crippen LogP contribution in [0.4, 0.5) is 5.69 Å². The van der Waals surface area contributed by atoms with Gasteiger partial charge in [0.25, 0.3) is 0 Å². The third kappa shape index (κ3) is 1.81. The van der Waals surface area contributed by atoms with E-state index in [4.69, 9.17) is 4.74 Å². The maximum atomic E-state index is 12.8. The molecular formula is C17H18BrNO3. The standard InChI is InChI=1S/C17H18BrNO3/c1-7-4-3-5-8(2)14(7)19-16(20)11-9-6-10-12(11)17(21)22-15(10)13(9)18/h3-5,9-13,15H,6H2,1-2H3,(H,19,20)/t9-,10-,11-,12-,13+,15+/m1/s1. The van der Waals surface area contributed by atoms with Gasteiger partial charge in [0.15, 0.2) is 0 Å². The van der Waals surface area contributed by atoms with E-state index >= 15 is 0 Å². The SMILES string of the molecule is Cc1cccc(C)c1NC(=O)[C@@H]1[C@H]2C[C@H]3[C@H](OC(=O)[C@H]31)[C@H]2Br. The molecule has 2 saturated carbocycles. The maximum Gasteiger partial charge on any atom is 0.310 e. The molecule has 1 aromatic rings. The van der Waals surface area contributed by atoms with E-state index in [-0.39, 0.29) is 46.5 Å². The Hall–Kier alpha value is -1.36. The quantitative estimate of drug-likeness (QED) is 0.649. The van der Waals surface area contributed by atoms with Gasteiger partial charge >= 0.3 is 5.97 Å². The Labute approximate surface area is 137 Å². The van der Waals surface area contributed by atoms with Crippen LogP contribution in [0.3, 0.4) is 0 Å². The molecule has 2 aliphatic carbocycles. The van der Waals surface area contributed by atoms with Crippen molar-refractivity contribution in [2.45, 2.75) is 31.2 Å². The summed E-state index contributed by atoms with van der Waals surface area (Å²) in [5.41, 5.74) is 2.95. The monoisotopic (exact) mass is 363 g/mol. The Morgan fingerprint density at radius 3 is 2.64 bits per heavy atom. The van der Waals surface area contributed by atoms with Crippen LogP contribution in [-0.2, 0) is 14.3 Å². The Morgan fingerprint density at radius 1 is 1.27 bits per heavy atom. The lowest BCUT2D eigenvalue weighted by Crippen LogP contribution is -2.40. The van der Waals surface area contributed by atoms with Crippen LogP contribution in [0.15, 0.2) is 18.2 Å². The topological polar surface area (TPSA) is 55.4 Å². The van der Waals surface area contributed by atoms with E-state index in [1.807, 2.05) is 32.0 Å². The van der Waals surface area contributed by atoms with Crippen molar-refractivity contribution in [1.29, 1.82) is 0 Å². The second-order valence-electron chi connectivity index (χ2n) is 6.72. The summed E-state index contributed by atoms with van der Waals surface area (Å²) in [6, 6.07) is 5.94. The summed E-state index contributed by atoms with van der Waals surface area (Å²) in [6.45, 7) is 3.97. The highest BCUT2D eigenvalue weighted by Crippen LogP contribution is 2.60. The van der Waals surface area contributed by atoms with Crippen LogP contribution in [0.25, 0.3) is 0 Å². The van der Waals surface area contributed by atoms with Crippen LogP contribution >= 0.6 is 15.9 Å². The molecule has 1 aliphatic heterocycles. The van der Waals surface area contributed by atoms with Crippen molar-refractivity contribution >= 4 is 33.5 Å². The van der Waals surface area contributed by atoms with E-state index in [1.165, 1.54) is 0 Å². The predicted molar refractivity (Wildman–Crippen MR) is 85.7 cm³/mol. The summed E-state index contributed by atoms with van der Waals surface area (Å²) >= 11 is 3.64. The summed E-state index contributed by atoms with van der Waals surface area (Å²) in [6.07, 6.45) is 0.869. The number of rotatable bonds is 2. The highest BCUT2D eigenvalue weighted by atomic mass is 79.9. The molecule has 1 saturated heterocycles. The van der Waals surface area contributed by atoms with Gasteiger partial charge in [-0.2, -0.15) is 0 Å². The Balaban J connectivity index is 1.63. The van der Waals surface area contributed by atoms with Crippen LogP contribution in [0.2, 0.25) is 0 Å². The second kappa shape index (κ2) is 4.82. The fraction of sp³-hybridized carbons (Fsp3) is 0.529. The summed E-state index contributed by atoms with van der Waals surface area (Å²) in [4.78, 5) is 25.1. The van der Waals surface area contributed by atoms with E-state index in [1.54, 1.807) is 0 Å². The number of carbonyl (C=O) groups is 2. The van der Waals surface area contributed by atoms with Crippen LogP contribution in [0.1, 0.15) is 17.5 Å². The highest BCUT2D eigenvalue weighted by molar-refractivity contribution is 9.09. The third-order valence-electron chi connectivity index (χ3n) is 5.56. The number of aryl methyl sites for hydroxylation is 2. The molecular weight excluding hydrogens is 346 g/mol. The molecule has 0 aromatic heterocycles. The Bertz CT molecular complexity index is 654. The molecule has 4 rings (SSSR count). The first-order valence-electron chi connectivity index (χ1n) is 7.70. The first-order valence-corrected chi connectivity index (χ1v) is 8.62. The molecule has 116 valence electrons. The number of esters is 1. The molecule has 22 heavy (non-hydrogen) atoms. The van der Waals surface area contributed by atoms with Gasteiger partial charge in [0.05, 0.1) is 16.7 Å².